The van der Waals surface area contributed by atoms with Crippen LogP contribution in [0, 0.1) is 0 Å². The molecule has 0 N–H and O–H groups in total. The maximum atomic E-state index is 11.9. The average Bonchev–Trinajstić information content (AvgIpc) is 2.96. The zero-order valence-corrected chi connectivity index (χ0v) is 10.9. The summed E-state index contributed by atoms with van der Waals surface area (Å²) in [6, 6.07) is 13.3. The van der Waals surface area contributed by atoms with Gasteiger partial charge in [-0.2, -0.15) is 0 Å². The molecule has 0 aliphatic rings. The van der Waals surface area contributed by atoms with Gasteiger partial charge in [-0.15, -0.1) is 0 Å². The Morgan fingerprint density at radius 2 is 2.00 bits per heavy atom. The first-order valence-corrected chi connectivity index (χ1v) is 6.27. The van der Waals surface area contributed by atoms with Crippen LogP contribution in [0.15, 0.2) is 53.1 Å². The second-order valence-electron chi connectivity index (χ2n) is 4.13. The van der Waals surface area contributed by atoms with E-state index in [1.807, 2.05) is 43.3 Å². The summed E-state index contributed by atoms with van der Waals surface area (Å²) < 4.78 is 10.5. The standard InChI is InChI=1S/C15H17NO3/c1-2-16(11-14-9-6-10-18-14)15(17)19-12-13-7-4-3-5-8-13/h3-10H,2,11-12H2,1H3. The predicted octanol–water partition coefficient (Wildman–Crippen LogP) is 3.44. The van der Waals surface area contributed by atoms with Crippen molar-refractivity contribution in [3.05, 3.63) is 60.1 Å². The minimum atomic E-state index is -0.331. The molecule has 0 radical (unpaired) electrons. The van der Waals surface area contributed by atoms with Crippen molar-refractivity contribution in [3.63, 3.8) is 0 Å². The number of hydrogen-bond acceptors (Lipinski definition) is 3. The molecule has 0 unspecified atom stereocenters. The summed E-state index contributed by atoms with van der Waals surface area (Å²) in [6.45, 7) is 3.20. The summed E-state index contributed by atoms with van der Waals surface area (Å²) in [5.74, 6) is 0.749. The summed E-state index contributed by atoms with van der Waals surface area (Å²) in [7, 11) is 0. The third kappa shape index (κ3) is 3.88. The fraction of sp³-hybridized carbons (Fsp3) is 0.267. The van der Waals surface area contributed by atoms with E-state index in [1.54, 1.807) is 17.2 Å². The molecule has 2 aromatic rings. The van der Waals surface area contributed by atoms with Crippen molar-refractivity contribution >= 4 is 6.09 Å². The summed E-state index contributed by atoms with van der Waals surface area (Å²) in [6.07, 6.45) is 1.26. The number of hydrogen-bond donors (Lipinski definition) is 0. The Labute approximate surface area is 112 Å². The van der Waals surface area contributed by atoms with Crippen molar-refractivity contribution in [2.75, 3.05) is 6.54 Å². The Hall–Kier alpha value is -2.23. The van der Waals surface area contributed by atoms with Crippen molar-refractivity contribution in [2.45, 2.75) is 20.1 Å². The van der Waals surface area contributed by atoms with Crippen LogP contribution >= 0.6 is 0 Å². The predicted molar refractivity (Wildman–Crippen MR) is 71.4 cm³/mol. The average molecular weight is 259 g/mol. The molecule has 0 spiro atoms. The maximum Gasteiger partial charge on any atom is 0.410 e. The minimum Gasteiger partial charge on any atom is -0.467 e. The Morgan fingerprint density at radius 3 is 2.63 bits per heavy atom. The van der Waals surface area contributed by atoms with Gasteiger partial charge in [0.2, 0.25) is 0 Å². The highest BCUT2D eigenvalue weighted by Gasteiger charge is 2.14. The van der Waals surface area contributed by atoms with E-state index in [0.717, 1.165) is 11.3 Å². The lowest BCUT2D eigenvalue weighted by molar-refractivity contribution is 0.0932. The molecule has 1 aromatic heterocycles. The van der Waals surface area contributed by atoms with Crippen LogP contribution in [0.1, 0.15) is 18.2 Å². The molecule has 2 rings (SSSR count). The van der Waals surface area contributed by atoms with Gasteiger partial charge in [-0.25, -0.2) is 4.79 Å². The first-order chi connectivity index (χ1) is 9.29. The van der Waals surface area contributed by atoms with E-state index in [4.69, 9.17) is 9.15 Å². The number of carbonyl (C=O) groups is 1. The zero-order valence-electron chi connectivity index (χ0n) is 10.9. The third-order valence-electron chi connectivity index (χ3n) is 2.77. The molecule has 4 nitrogen and oxygen atoms in total. The van der Waals surface area contributed by atoms with Crippen LogP contribution in [0.5, 0.6) is 0 Å². The highest BCUT2D eigenvalue weighted by atomic mass is 16.6. The number of ether oxygens (including phenoxy) is 1. The van der Waals surface area contributed by atoms with E-state index in [2.05, 4.69) is 0 Å². The van der Waals surface area contributed by atoms with Gasteiger partial charge in [-0.1, -0.05) is 30.3 Å². The van der Waals surface area contributed by atoms with Gasteiger partial charge in [-0.05, 0) is 24.6 Å². The lowest BCUT2D eigenvalue weighted by atomic mass is 10.2. The van der Waals surface area contributed by atoms with Crippen LogP contribution in [0.3, 0.4) is 0 Å². The third-order valence-corrected chi connectivity index (χ3v) is 2.77. The molecule has 1 heterocycles. The van der Waals surface area contributed by atoms with Gasteiger partial charge in [0.25, 0.3) is 0 Å². The second kappa shape index (κ2) is 6.64. The molecule has 0 fully saturated rings. The van der Waals surface area contributed by atoms with E-state index in [-0.39, 0.29) is 12.7 Å². The fourth-order valence-corrected chi connectivity index (χ4v) is 1.71. The van der Waals surface area contributed by atoms with Crippen molar-refractivity contribution in [3.8, 4) is 0 Å². The van der Waals surface area contributed by atoms with Gasteiger partial charge < -0.3 is 14.1 Å². The lowest BCUT2D eigenvalue weighted by Crippen LogP contribution is -2.30. The number of nitrogens with zero attached hydrogens (tertiary/aromatic N) is 1. The van der Waals surface area contributed by atoms with Gasteiger partial charge in [0.05, 0.1) is 12.8 Å². The molecule has 4 heteroatoms. The fourth-order valence-electron chi connectivity index (χ4n) is 1.71. The first kappa shape index (κ1) is 13.2. The summed E-state index contributed by atoms with van der Waals surface area (Å²) >= 11 is 0. The Balaban J connectivity index is 1.87. The summed E-state index contributed by atoms with van der Waals surface area (Å²) in [4.78, 5) is 13.5. The SMILES string of the molecule is CCN(Cc1ccco1)C(=O)OCc1ccccc1. The minimum absolute atomic E-state index is 0.286. The summed E-state index contributed by atoms with van der Waals surface area (Å²) in [5.41, 5.74) is 0.977. The molecule has 19 heavy (non-hydrogen) atoms. The smallest absolute Gasteiger partial charge is 0.410 e. The van der Waals surface area contributed by atoms with Crippen LogP contribution in [0.2, 0.25) is 0 Å². The van der Waals surface area contributed by atoms with Gasteiger partial charge >= 0.3 is 6.09 Å². The number of amides is 1. The van der Waals surface area contributed by atoms with Crippen LogP contribution in [-0.4, -0.2) is 17.5 Å². The topological polar surface area (TPSA) is 42.7 Å². The monoisotopic (exact) mass is 259 g/mol. The van der Waals surface area contributed by atoms with Crippen LogP contribution < -0.4 is 0 Å². The van der Waals surface area contributed by atoms with Gasteiger partial charge in [0.1, 0.15) is 12.4 Å². The zero-order chi connectivity index (χ0) is 13.5. The number of furan rings is 1. The Morgan fingerprint density at radius 1 is 1.21 bits per heavy atom. The van der Waals surface area contributed by atoms with Gasteiger partial charge in [0, 0.05) is 6.54 Å². The molecule has 100 valence electrons. The molecule has 0 saturated carbocycles. The molecule has 1 amide bonds. The van der Waals surface area contributed by atoms with E-state index in [9.17, 15) is 4.79 Å². The van der Waals surface area contributed by atoms with Crippen molar-refractivity contribution in [1.29, 1.82) is 0 Å². The van der Waals surface area contributed by atoms with Crippen molar-refractivity contribution < 1.29 is 13.9 Å². The van der Waals surface area contributed by atoms with Gasteiger partial charge in [-0.3, -0.25) is 0 Å². The van der Waals surface area contributed by atoms with E-state index < -0.39 is 0 Å². The molecular formula is C15H17NO3. The summed E-state index contributed by atoms with van der Waals surface area (Å²) in [5, 5.41) is 0. The van der Waals surface area contributed by atoms with Gasteiger partial charge in [0.15, 0.2) is 0 Å². The highest BCUT2D eigenvalue weighted by Crippen LogP contribution is 2.08. The number of benzene rings is 1. The molecule has 0 atom stereocenters. The first-order valence-electron chi connectivity index (χ1n) is 6.27. The Kier molecular flexibility index (Phi) is 4.61. The molecule has 0 aliphatic heterocycles. The van der Waals surface area contributed by atoms with E-state index >= 15 is 0 Å². The molecule has 0 saturated heterocycles. The maximum absolute atomic E-state index is 11.9. The van der Waals surface area contributed by atoms with Crippen molar-refractivity contribution in [1.82, 2.24) is 4.90 Å². The van der Waals surface area contributed by atoms with Crippen LogP contribution in [0.25, 0.3) is 0 Å². The van der Waals surface area contributed by atoms with E-state index in [0.29, 0.717) is 13.1 Å². The quantitative estimate of drug-likeness (QED) is 0.826. The van der Waals surface area contributed by atoms with Crippen LogP contribution in [-0.2, 0) is 17.9 Å². The highest BCUT2D eigenvalue weighted by molar-refractivity contribution is 5.67. The lowest BCUT2D eigenvalue weighted by Gasteiger charge is -2.19. The molecule has 1 aromatic carbocycles. The Bertz CT molecular complexity index is 493. The second-order valence-corrected chi connectivity index (χ2v) is 4.13. The molecule has 0 bridgehead atoms. The molecule has 0 aliphatic carbocycles. The number of rotatable bonds is 5. The van der Waals surface area contributed by atoms with Crippen molar-refractivity contribution in [2.24, 2.45) is 0 Å². The molecular weight excluding hydrogens is 242 g/mol. The number of carbonyl (C=O) groups excluding carboxylic acids is 1. The van der Waals surface area contributed by atoms with E-state index in [1.165, 1.54) is 0 Å². The normalized spacial score (nSPS) is 10.2. The van der Waals surface area contributed by atoms with Crippen LogP contribution in [0.4, 0.5) is 4.79 Å². The largest absolute Gasteiger partial charge is 0.467 e.